The Morgan fingerprint density at radius 1 is 1.50 bits per heavy atom. The van der Waals surface area contributed by atoms with E-state index in [4.69, 9.17) is 4.74 Å². The molecule has 0 amide bonds. The van der Waals surface area contributed by atoms with Crippen LogP contribution in [0.15, 0.2) is 12.5 Å². The molecule has 0 radical (unpaired) electrons. The maximum Gasteiger partial charge on any atom is 0.0946 e. The number of rotatable bonds is 6. The van der Waals surface area contributed by atoms with Gasteiger partial charge in [-0.2, -0.15) is 0 Å². The molecule has 18 heavy (non-hydrogen) atoms. The van der Waals surface area contributed by atoms with E-state index in [-0.39, 0.29) is 0 Å². The standard InChI is InChI=1S/C14H25N3O/c1-3-6-16-13(14-10-15-11-17(14)2)9-12-4-7-18-8-5-12/h10-13,16H,3-9H2,1-2H3. The molecule has 0 spiro atoms. The molecule has 1 aromatic heterocycles. The lowest BCUT2D eigenvalue weighted by atomic mass is 9.91. The van der Waals surface area contributed by atoms with E-state index in [0.29, 0.717) is 6.04 Å². The van der Waals surface area contributed by atoms with Gasteiger partial charge in [-0.05, 0) is 38.1 Å². The molecule has 0 aliphatic carbocycles. The molecule has 4 heteroatoms. The lowest BCUT2D eigenvalue weighted by Crippen LogP contribution is -2.28. The quantitative estimate of drug-likeness (QED) is 0.843. The lowest BCUT2D eigenvalue weighted by molar-refractivity contribution is 0.0602. The molecule has 2 rings (SSSR count). The van der Waals surface area contributed by atoms with Crippen molar-refractivity contribution in [2.45, 2.75) is 38.6 Å². The highest BCUT2D eigenvalue weighted by Crippen LogP contribution is 2.27. The summed E-state index contributed by atoms with van der Waals surface area (Å²) in [5.74, 6) is 0.781. The molecule has 1 aliphatic rings. The molecule has 1 N–H and O–H groups in total. The second-order valence-corrected chi connectivity index (χ2v) is 5.23. The summed E-state index contributed by atoms with van der Waals surface area (Å²) < 4.78 is 7.57. The molecule has 1 unspecified atom stereocenters. The van der Waals surface area contributed by atoms with E-state index in [0.717, 1.165) is 25.7 Å². The fourth-order valence-electron chi connectivity index (χ4n) is 2.65. The van der Waals surface area contributed by atoms with Crippen LogP contribution >= 0.6 is 0 Å². The zero-order valence-electron chi connectivity index (χ0n) is 11.6. The number of nitrogens with zero attached hydrogens (tertiary/aromatic N) is 2. The number of nitrogens with one attached hydrogen (secondary N) is 1. The molecular formula is C14H25N3O. The molecule has 1 aliphatic heterocycles. The summed E-state index contributed by atoms with van der Waals surface area (Å²) in [4.78, 5) is 4.24. The van der Waals surface area contributed by atoms with Crippen LogP contribution in [0.2, 0.25) is 0 Å². The van der Waals surface area contributed by atoms with Crippen LogP contribution in [-0.2, 0) is 11.8 Å². The van der Waals surface area contributed by atoms with Crippen LogP contribution in [0.4, 0.5) is 0 Å². The van der Waals surface area contributed by atoms with Crippen LogP contribution in [0.25, 0.3) is 0 Å². The van der Waals surface area contributed by atoms with E-state index in [9.17, 15) is 0 Å². The van der Waals surface area contributed by atoms with E-state index in [1.165, 1.54) is 31.4 Å². The van der Waals surface area contributed by atoms with Gasteiger partial charge in [0.05, 0.1) is 12.0 Å². The Hall–Kier alpha value is -0.870. The van der Waals surface area contributed by atoms with E-state index in [1.807, 2.05) is 12.5 Å². The predicted octanol–water partition coefficient (Wildman–Crippen LogP) is 2.28. The van der Waals surface area contributed by atoms with Gasteiger partial charge >= 0.3 is 0 Å². The highest BCUT2D eigenvalue weighted by atomic mass is 16.5. The third-order valence-electron chi connectivity index (χ3n) is 3.76. The molecule has 0 bridgehead atoms. The minimum Gasteiger partial charge on any atom is -0.381 e. The normalized spacial score (nSPS) is 19.0. The first kappa shape index (κ1) is 13.6. The summed E-state index contributed by atoms with van der Waals surface area (Å²) in [7, 11) is 2.08. The second-order valence-electron chi connectivity index (χ2n) is 5.23. The van der Waals surface area contributed by atoms with Crippen molar-refractivity contribution >= 4 is 0 Å². The summed E-state index contributed by atoms with van der Waals surface area (Å²) in [6, 6.07) is 0.431. The summed E-state index contributed by atoms with van der Waals surface area (Å²) in [6.45, 7) is 5.13. The van der Waals surface area contributed by atoms with Gasteiger partial charge in [-0.1, -0.05) is 6.92 Å². The average Bonchev–Trinajstić information content (AvgIpc) is 2.82. The molecule has 0 aromatic carbocycles. The summed E-state index contributed by atoms with van der Waals surface area (Å²) in [5, 5.41) is 3.66. The van der Waals surface area contributed by atoms with Gasteiger partial charge in [-0.25, -0.2) is 4.98 Å². The largest absolute Gasteiger partial charge is 0.381 e. The van der Waals surface area contributed by atoms with Crippen molar-refractivity contribution in [1.29, 1.82) is 0 Å². The van der Waals surface area contributed by atoms with E-state index in [1.54, 1.807) is 0 Å². The minimum absolute atomic E-state index is 0.431. The van der Waals surface area contributed by atoms with Crippen LogP contribution < -0.4 is 5.32 Å². The number of ether oxygens (including phenoxy) is 1. The first-order valence-corrected chi connectivity index (χ1v) is 7.08. The average molecular weight is 251 g/mol. The fraction of sp³-hybridized carbons (Fsp3) is 0.786. The van der Waals surface area contributed by atoms with Crippen LogP contribution in [0, 0.1) is 5.92 Å². The number of aryl methyl sites for hydroxylation is 1. The highest BCUT2D eigenvalue weighted by Gasteiger charge is 2.21. The molecule has 0 saturated carbocycles. The van der Waals surface area contributed by atoms with Crippen molar-refractivity contribution in [3.8, 4) is 0 Å². The van der Waals surface area contributed by atoms with Crippen LogP contribution in [0.3, 0.4) is 0 Å². The van der Waals surface area contributed by atoms with Crippen molar-refractivity contribution in [3.63, 3.8) is 0 Å². The third-order valence-corrected chi connectivity index (χ3v) is 3.76. The predicted molar refractivity (Wildman–Crippen MR) is 72.4 cm³/mol. The zero-order valence-corrected chi connectivity index (χ0v) is 11.6. The van der Waals surface area contributed by atoms with Gasteiger partial charge < -0.3 is 14.6 Å². The minimum atomic E-state index is 0.431. The SMILES string of the molecule is CCCNC(CC1CCOCC1)c1cncn1C. The summed E-state index contributed by atoms with van der Waals surface area (Å²) in [6.07, 6.45) is 8.64. The smallest absolute Gasteiger partial charge is 0.0946 e. The van der Waals surface area contributed by atoms with Gasteiger partial charge in [-0.15, -0.1) is 0 Å². The molecule has 4 nitrogen and oxygen atoms in total. The Kier molecular flexibility index (Phi) is 5.20. The van der Waals surface area contributed by atoms with E-state index < -0.39 is 0 Å². The van der Waals surface area contributed by atoms with Crippen molar-refractivity contribution < 1.29 is 4.74 Å². The second kappa shape index (κ2) is 6.90. The van der Waals surface area contributed by atoms with Gasteiger partial charge in [0.15, 0.2) is 0 Å². The van der Waals surface area contributed by atoms with Crippen LogP contribution in [0.5, 0.6) is 0 Å². The Balaban J connectivity index is 1.98. The van der Waals surface area contributed by atoms with Crippen molar-refractivity contribution in [2.24, 2.45) is 13.0 Å². The highest BCUT2D eigenvalue weighted by molar-refractivity contribution is 5.05. The number of aromatic nitrogens is 2. The first-order valence-electron chi connectivity index (χ1n) is 7.08. The Morgan fingerprint density at radius 3 is 2.89 bits per heavy atom. The summed E-state index contributed by atoms with van der Waals surface area (Å²) in [5.41, 5.74) is 1.30. The summed E-state index contributed by atoms with van der Waals surface area (Å²) >= 11 is 0. The topological polar surface area (TPSA) is 39.1 Å². The molecule has 1 fully saturated rings. The van der Waals surface area contributed by atoms with Gasteiger partial charge in [0.1, 0.15) is 0 Å². The molecule has 1 atom stereocenters. The molecule has 1 saturated heterocycles. The lowest BCUT2D eigenvalue weighted by Gasteiger charge is -2.27. The van der Waals surface area contributed by atoms with Crippen molar-refractivity contribution in [2.75, 3.05) is 19.8 Å². The molecule has 102 valence electrons. The number of hydrogen-bond acceptors (Lipinski definition) is 3. The Labute approximate surface area is 110 Å². The molecule has 1 aromatic rings. The zero-order chi connectivity index (χ0) is 12.8. The van der Waals surface area contributed by atoms with Crippen molar-refractivity contribution in [1.82, 2.24) is 14.9 Å². The number of hydrogen-bond donors (Lipinski definition) is 1. The Morgan fingerprint density at radius 2 is 2.28 bits per heavy atom. The van der Waals surface area contributed by atoms with Crippen molar-refractivity contribution in [3.05, 3.63) is 18.2 Å². The van der Waals surface area contributed by atoms with E-state index >= 15 is 0 Å². The van der Waals surface area contributed by atoms with Gasteiger partial charge in [0.25, 0.3) is 0 Å². The third kappa shape index (κ3) is 3.56. The Bertz CT molecular complexity index is 345. The molecular weight excluding hydrogens is 226 g/mol. The monoisotopic (exact) mass is 251 g/mol. The maximum absolute atomic E-state index is 5.44. The number of imidazole rings is 1. The van der Waals surface area contributed by atoms with Gasteiger partial charge in [0, 0.05) is 32.5 Å². The molecule has 2 heterocycles. The van der Waals surface area contributed by atoms with Gasteiger partial charge in [0.2, 0.25) is 0 Å². The fourth-order valence-corrected chi connectivity index (χ4v) is 2.65. The van der Waals surface area contributed by atoms with Gasteiger partial charge in [-0.3, -0.25) is 0 Å². The first-order chi connectivity index (χ1) is 8.81. The van der Waals surface area contributed by atoms with Crippen LogP contribution in [0.1, 0.15) is 44.3 Å². The van der Waals surface area contributed by atoms with Crippen LogP contribution in [-0.4, -0.2) is 29.3 Å². The van der Waals surface area contributed by atoms with E-state index in [2.05, 4.69) is 28.8 Å². The maximum atomic E-state index is 5.44.